The van der Waals surface area contributed by atoms with Crippen LogP contribution in [0.3, 0.4) is 0 Å². The van der Waals surface area contributed by atoms with Gasteiger partial charge in [-0.1, -0.05) is 19.9 Å². The van der Waals surface area contributed by atoms with E-state index in [2.05, 4.69) is 5.32 Å². The number of rotatable bonds is 7. The van der Waals surface area contributed by atoms with Gasteiger partial charge in [0, 0.05) is 18.7 Å². The predicted octanol–water partition coefficient (Wildman–Crippen LogP) is 1.76. The Kier molecular flexibility index (Phi) is 5.53. The van der Waals surface area contributed by atoms with E-state index in [1.807, 2.05) is 0 Å². The normalized spacial score (nSPS) is 16.3. The molecular formula is C17H24N2O5S. The number of aliphatic carboxylic acids is 1. The van der Waals surface area contributed by atoms with Crippen molar-refractivity contribution >= 4 is 21.9 Å². The van der Waals surface area contributed by atoms with Gasteiger partial charge in [-0.25, -0.2) is 13.2 Å². The fourth-order valence-electron chi connectivity index (χ4n) is 2.93. The van der Waals surface area contributed by atoms with E-state index in [0.717, 1.165) is 6.42 Å². The van der Waals surface area contributed by atoms with E-state index in [1.165, 1.54) is 16.4 Å². The van der Waals surface area contributed by atoms with Crippen LogP contribution < -0.4 is 5.32 Å². The molecule has 0 heterocycles. The molecule has 2 rings (SSSR count). The lowest BCUT2D eigenvalue weighted by Gasteiger charge is -2.38. The quantitative estimate of drug-likeness (QED) is 0.763. The van der Waals surface area contributed by atoms with E-state index in [-0.39, 0.29) is 10.5 Å². The summed E-state index contributed by atoms with van der Waals surface area (Å²) < 4.78 is 26.6. The number of hydrogen-bond donors (Lipinski definition) is 2. The van der Waals surface area contributed by atoms with Gasteiger partial charge in [-0.2, -0.15) is 4.31 Å². The molecule has 0 atom stereocenters. The zero-order chi connectivity index (χ0) is 18.8. The van der Waals surface area contributed by atoms with Gasteiger partial charge < -0.3 is 10.4 Å². The van der Waals surface area contributed by atoms with E-state index in [1.54, 1.807) is 26.8 Å². The SMILES string of the molecule is CCN(CC)S(=O)(=O)c1ccc(C)c(C(=O)NC2(C(=O)O)CCC2)c1. The van der Waals surface area contributed by atoms with Crippen LogP contribution in [0.15, 0.2) is 23.1 Å². The van der Waals surface area contributed by atoms with Crippen LogP contribution in [0.25, 0.3) is 0 Å². The Hall–Kier alpha value is -1.93. The average Bonchev–Trinajstić information content (AvgIpc) is 2.51. The second-order valence-electron chi connectivity index (χ2n) is 6.26. The molecule has 0 spiro atoms. The highest BCUT2D eigenvalue weighted by molar-refractivity contribution is 7.89. The van der Waals surface area contributed by atoms with Gasteiger partial charge in [0.25, 0.3) is 5.91 Å². The van der Waals surface area contributed by atoms with Crippen molar-refractivity contribution < 1.29 is 23.1 Å². The molecule has 138 valence electrons. The van der Waals surface area contributed by atoms with Crippen LogP contribution in [-0.2, 0) is 14.8 Å². The van der Waals surface area contributed by atoms with Crippen LogP contribution in [0.1, 0.15) is 49.0 Å². The average molecular weight is 368 g/mol. The number of nitrogens with one attached hydrogen (secondary N) is 1. The molecule has 1 aliphatic carbocycles. The third kappa shape index (κ3) is 3.55. The molecule has 25 heavy (non-hydrogen) atoms. The summed E-state index contributed by atoms with van der Waals surface area (Å²) in [5.41, 5.74) is -0.464. The fraction of sp³-hybridized carbons (Fsp3) is 0.529. The van der Waals surface area contributed by atoms with E-state index < -0.39 is 27.4 Å². The molecule has 0 saturated heterocycles. The molecule has 0 aliphatic heterocycles. The molecule has 1 aromatic rings. The van der Waals surface area contributed by atoms with Gasteiger partial charge in [0.2, 0.25) is 10.0 Å². The molecule has 0 bridgehead atoms. The summed E-state index contributed by atoms with van der Waals surface area (Å²) in [5.74, 6) is -1.62. The first-order chi connectivity index (χ1) is 11.7. The van der Waals surface area contributed by atoms with Crippen LogP contribution in [0.5, 0.6) is 0 Å². The van der Waals surface area contributed by atoms with Crippen LogP contribution in [0.4, 0.5) is 0 Å². The molecule has 1 aliphatic rings. The van der Waals surface area contributed by atoms with Gasteiger partial charge in [0.1, 0.15) is 5.54 Å². The lowest BCUT2D eigenvalue weighted by Crippen LogP contribution is -2.59. The molecule has 1 saturated carbocycles. The van der Waals surface area contributed by atoms with E-state index in [4.69, 9.17) is 0 Å². The summed E-state index contributed by atoms with van der Waals surface area (Å²) >= 11 is 0. The highest BCUT2D eigenvalue weighted by atomic mass is 32.2. The minimum Gasteiger partial charge on any atom is -0.480 e. The van der Waals surface area contributed by atoms with E-state index in [9.17, 15) is 23.1 Å². The van der Waals surface area contributed by atoms with Crippen LogP contribution in [0, 0.1) is 6.92 Å². The Morgan fingerprint density at radius 1 is 1.24 bits per heavy atom. The fourth-order valence-corrected chi connectivity index (χ4v) is 4.41. The van der Waals surface area contributed by atoms with Crippen molar-refractivity contribution in [2.75, 3.05) is 13.1 Å². The van der Waals surface area contributed by atoms with Crippen molar-refractivity contribution in [1.29, 1.82) is 0 Å². The number of benzene rings is 1. The van der Waals surface area contributed by atoms with E-state index in [0.29, 0.717) is 31.5 Å². The van der Waals surface area contributed by atoms with Gasteiger partial charge in [-0.05, 0) is 43.9 Å². The highest BCUT2D eigenvalue weighted by Crippen LogP contribution is 2.32. The predicted molar refractivity (Wildman–Crippen MR) is 93.0 cm³/mol. The Labute approximate surface area is 148 Å². The summed E-state index contributed by atoms with van der Waals surface area (Å²) in [7, 11) is -3.69. The number of amides is 1. The topological polar surface area (TPSA) is 104 Å². The number of carbonyl (C=O) groups is 2. The summed E-state index contributed by atoms with van der Waals surface area (Å²) in [4.78, 5) is 24.0. The highest BCUT2D eigenvalue weighted by Gasteiger charge is 2.46. The number of sulfonamides is 1. The van der Waals surface area contributed by atoms with Gasteiger partial charge in [0.15, 0.2) is 0 Å². The van der Waals surface area contributed by atoms with Crippen molar-refractivity contribution in [3.63, 3.8) is 0 Å². The molecule has 1 amide bonds. The first kappa shape index (κ1) is 19.4. The smallest absolute Gasteiger partial charge is 0.329 e. The maximum Gasteiger partial charge on any atom is 0.329 e. The molecule has 2 N–H and O–H groups in total. The van der Waals surface area contributed by atoms with Crippen LogP contribution in [-0.4, -0.2) is 48.3 Å². The second-order valence-corrected chi connectivity index (χ2v) is 8.20. The maximum atomic E-state index is 12.6. The first-order valence-electron chi connectivity index (χ1n) is 8.34. The Morgan fingerprint density at radius 3 is 2.28 bits per heavy atom. The van der Waals surface area contributed by atoms with Crippen molar-refractivity contribution in [2.45, 2.75) is 50.5 Å². The number of carboxylic acid groups (broad SMARTS) is 1. The largest absolute Gasteiger partial charge is 0.480 e. The van der Waals surface area contributed by atoms with E-state index >= 15 is 0 Å². The molecular weight excluding hydrogens is 344 g/mol. The minimum absolute atomic E-state index is 0.0323. The molecule has 0 aromatic heterocycles. The van der Waals surface area contributed by atoms with Crippen LogP contribution >= 0.6 is 0 Å². The lowest BCUT2D eigenvalue weighted by atomic mass is 9.76. The Bertz CT molecular complexity index is 780. The first-order valence-corrected chi connectivity index (χ1v) is 9.78. The van der Waals surface area contributed by atoms with Gasteiger partial charge >= 0.3 is 5.97 Å². The van der Waals surface area contributed by atoms with Crippen LogP contribution in [0.2, 0.25) is 0 Å². The summed E-state index contributed by atoms with van der Waals surface area (Å²) in [6.45, 7) is 5.84. The zero-order valence-electron chi connectivity index (χ0n) is 14.7. The summed E-state index contributed by atoms with van der Waals surface area (Å²) in [5, 5.41) is 11.9. The standard InChI is InChI=1S/C17H24N2O5S/c1-4-19(5-2)25(23,24)13-8-7-12(3)14(11-13)15(20)18-17(16(21)22)9-6-10-17/h7-8,11H,4-6,9-10H2,1-3H3,(H,18,20)(H,21,22). The summed E-state index contributed by atoms with van der Waals surface area (Å²) in [6, 6.07) is 4.36. The molecule has 0 unspecified atom stereocenters. The number of carboxylic acids is 1. The maximum absolute atomic E-state index is 12.6. The lowest BCUT2D eigenvalue weighted by molar-refractivity contribution is -0.148. The second kappa shape index (κ2) is 7.13. The van der Waals surface area contributed by atoms with Crippen molar-refractivity contribution in [2.24, 2.45) is 0 Å². The molecule has 1 fully saturated rings. The Balaban J connectivity index is 2.36. The number of nitrogens with zero attached hydrogens (tertiary/aromatic N) is 1. The van der Waals surface area contributed by atoms with Gasteiger partial charge in [-0.15, -0.1) is 0 Å². The molecule has 1 aromatic carbocycles. The molecule has 7 nitrogen and oxygen atoms in total. The van der Waals surface area contributed by atoms with Crippen molar-refractivity contribution in [1.82, 2.24) is 9.62 Å². The minimum atomic E-state index is -3.69. The number of carbonyl (C=O) groups excluding carboxylic acids is 1. The molecule has 0 radical (unpaired) electrons. The van der Waals surface area contributed by atoms with Crippen molar-refractivity contribution in [3.05, 3.63) is 29.3 Å². The summed E-state index contributed by atoms with van der Waals surface area (Å²) in [6.07, 6.45) is 1.50. The Morgan fingerprint density at radius 2 is 1.84 bits per heavy atom. The number of aryl methyl sites for hydroxylation is 1. The van der Waals surface area contributed by atoms with Gasteiger partial charge in [-0.3, -0.25) is 4.79 Å². The third-order valence-corrected chi connectivity index (χ3v) is 6.81. The monoisotopic (exact) mass is 368 g/mol. The number of hydrogen-bond acceptors (Lipinski definition) is 4. The van der Waals surface area contributed by atoms with Crippen molar-refractivity contribution in [3.8, 4) is 0 Å². The zero-order valence-corrected chi connectivity index (χ0v) is 15.5. The third-order valence-electron chi connectivity index (χ3n) is 4.77. The molecule has 8 heteroatoms. The van der Waals surface area contributed by atoms with Gasteiger partial charge in [0.05, 0.1) is 4.90 Å².